The lowest BCUT2D eigenvalue weighted by Crippen LogP contribution is -2.20. The predicted octanol–water partition coefficient (Wildman–Crippen LogP) is 4.02. The number of carboxylic acid groups (broad SMARTS) is 1. The van der Waals surface area contributed by atoms with E-state index in [1.807, 2.05) is 12.2 Å². The van der Waals surface area contributed by atoms with Gasteiger partial charge in [0.2, 0.25) is 0 Å². The fourth-order valence-corrected chi connectivity index (χ4v) is 3.38. The number of carboxylic acids is 1. The first kappa shape index (κ1) is 21.8. The normalized spacial score (nSPS) is 28.2. The highest BCUT2D eigenvalue weighted by Crippen LogP contribution is 2.36. The summed E-state index contributed by atoms with van der Waals surface area (Å²) in [5, 5.41) is 28.9. The SMILES string of the molecule is CCCCCC(F)C=C[C@@H]1[C@@H](CC=CCCCC(=O)O)[C@@H](O)C[C@H]1O. The molecule has 0 saturated heterocycles. The Hall–Kier alpha value is -1.20. The molecule has 25 heavy (non-hydrogen) atoms. The van der Waals surface area contributed by atoms with Crippen molar-refractivity contribution in [3.63, 3.8) is 0 Å². The summed E-state index contributed by atoms with van der Waals surface area (Å²) in [6, 6.07) is 0. The zero-order valence-corrected chi connectivity index (χ0v) is 15.2. The van der Waals surface area contributed by atoms with Gasteiger partial charge in [0.05, 0.1) is 12.2 Å². The van der Waals surface area contributed by atoms with Crippen LogP contribution in [0, 0.1) is 11.8 Å². The Bertz CT molecular complexity index is 435. The highest BCUT2D eigenvalue weighted by Gasteiger charge is 2.39. The smallest absolute Gasteiger partial charge is 0.303 e. The van der Waals surface area contributed by atoms with Crippen molar-refractivity contribution in [2.75, 3.05) is 0 Å². The van der Waals surface area contributed by atoms with Crippen molar-refractivity contribution in [2.24, 2.45) is 11.8 Å². The van der Waals surface area contributed by atoms with Crippen LogP contribution in [0.15, 0.2) is 24.3 Å². The number of hydrogen-bond acceptors (Lipinski definition) is 3. The van der Waals surface area contributed by atoms with Crippen LogP contribution in [0.25, 0.3) is 0 Å². The van der Waals surface area contributed by atoms with Gasteiger partial charge in [0.15, 0.2) is 0 Å². The first-order valence-electron chi connectivity index (χ1n) is 9.51. The number of aliphatic hydroxyl groups excluding tert-OH is 2. The lowest BCUT2D eigenvalue weighted by atomic mass is 9.89. The fourth-order valence-electron chi connectivity index (χ4n) is 3.38. The molecule has 1 aliphatic rings. The van der Waals surface area contributed by atoms with E-state index in [4.69, 9.17) is 5.11 Å². The van der Waals surface area contributed by atoms with Crippen molar-refractivity contribution < 1.29 is 24.5 Å². The minimum absolute atomic E-state index is 0.121. The Kier molecular flexibility index (Phi) is 10.7. The second-order valence-corrected chi connectivity index (χ2v) is 7.00. The Balaban J connectivity index is 2.46. The van der Waals surface area contributed by atoms with Gasteiger partial charge in [0, 0.05) is 18.8 Å². The van der Waals surface area contributed by atoms with Gasteiger partial charge in [-0.05, 0) is 31.6 Å². The average molecular weight is 356 g/mol. The zero-order valence-electron chi connectivity index (χ0n) is 15.2. The van der Waals surface area contributed by atoms with Crippen molar-refractivity contribution in [3.05, 3.63) is 24.3 Å². The van der Waals surface area contributed by atoms with Crippen molar-refractivity contribution in [2.45, 2.75) is 83.1 Å². The van der Waals surface area contributed by atoms with Crippen LogP contribution in [0.2, 0.25) is 0 Å². The summed E-state index contributed by atoms with van der Waals surface area (Å²) < 4.78 is 13.9. The molecular weight excluding hydrogens is 323 g/mol. The second-order valence-electron chi connectivity index (χ2n) is 7.00. The zero-order chi connectivity index (χ0) is 18.7. The summed E-state index contributed by atoms with van der Waals surface area (Å²) >= 11 is 0. The van der Waals surface area contributed by atoms with E-state index < -0.39 is 24.3 Å². The van der Waals surface area contributed by atoms with Crippen LogP contribution < -0.4 is 0 Å². The molecule has 5 atom stereocenters. The Morgan fingerprint density at radius 1 is 1.20 bits per heavy atom. The van der Waals surface area contributed by atoms with Crippen molar-refractivity contribution >= 4 is 5.97 Å². The van der Waals surface area contributed by atoms with Gasteiger partial charge in [-0.1, -0.05) is 50.5 Å². The molecule has 1 fully saturated rings. The van der Waals surface area contributed by atoms with E-state index in [1.165, 1.54) is 6.08 Å². The van der Waals surface area contributed by atoms with E-state index in [2.05, 4.69) is 6.92 Å². The molecule has 1 aliphatic carbocycles. The standard InChI is InChI=1S/C20H33FO4/c1-2-3-6-9-15(21)12-13-17-16(18(22)14-19(17)23)10-7-4-5-8-11-20(24)25/h4,7,12-13,15-19,22-23H,2-3,5-6,8-11,14H2,1H3,(H,24,25)/t15?,16-,17-,18+,19-/m1/s1. The predicted molar refractivity (Wildman–Crippen MR) is 97.0 cm³/mol. The van der Waals surface area contributed by atoms with E-state index in [-0.39, 0.29) is 18.3 Å². The third kappa shape index (κ3) is 8.63. The van der Waals surface area contributed by atoms with Gasteiger partial charge in [-0.25, -0.2) is 4.39 Å². The monoisotopic (exact) mass is 356 g/mol. The number of carbonyl (C=O) groups is 1. The maximum Gasteiger partial charge on any atom is 0.303 e. The number of allylic oxidation sites excluding steroid dienone is 3. The highest BCUT2D eigenvalue weighted by molar-refractivity contribution is 5.66. The van der Waals surface area contributed by atoms with Crippen LogP contribution in [0.1, 0.15) is 64.7 Å². The van der Waals surface area contributed by atoms with Crippen LogP contribution in [-0.4, -0.2) is 39.7 Å². The summed E-state index contributed by atoms with van der Waals surface area (Å²) in [6.07, 6.45) is 10.7. The van der Waals surface area contributed by atoms with Gasteiger partial charge in [-0.3, -0.25) is 4.79 Å². The molecule has 3 N–H and O–H groups in total. The molecule has 144 valence electrons. The molecule has 0 spiro atoms. The molecule has 0 radical (unpaired) electrons. The van der Waals surface area contributed by atoms with Crippen LogP contribution in [0.3, 0.4) is 0 Å². The van der Waals surface area contributed by atoms with E-state index in [0.717, 1.165) is 19.3 Å². The Morgan fingerprint density at radius 2 is 1.96 bits per heavy atom. The number of rotatable bonds is 12. The maximum atomic E-state index is 13.9. The molecule has 1 unspecified atom stereocenters. The molecule has 0 heterocycles. The van der Waals surface area contributed by atoms with Gasteiger partial charge >= 0.3 is 5.97 Å². The lowest BCUT2D eigenvalue weighted by Gasteiger charge is -2.19. The highest BCUT2D eigenvalue weighted by atomic mass is 19.1. The van der Waals surface area contributed by atoms with E-state index >= 15 is 0 Å². The van der Waals surface area contributed by atoms with Crippen molar-refractivity contribution in [1.82, 2.24) is 0 Å². The summed E-state index contributed by atoms with van der Waals surface area (Å²) in [7, 11) is 0. The quantitative estimate of drug-likeness (QED) is 0.364. The largest absolute Gasteiger partial charge is 0.481 e. The molecule has 0 aromatic heterocycles. The number of halogens is 1. The van der Waals surface area contributed by atoms with Crippen LogP contribution in [0.5, 0.6) is 0 Å². The van der Waals surface area contributed by atoms with E-state index in [1.54, 1.807) is 6.08 Å². The Labute approximate surface area is 150 Å². The number of alkyl halides is 1. The van der Waals surface area contributed by atoms with Gasteiger partial charge < -0.3 is 15.3 Å². The molecule has 4 nitrogen and oxygen atoms in total. The molecule has 1 rings (SSSR count). The summed E-state index contributed by atoms with van der Waals surface area (Å²) in [5.74, 6) is -1.15. The molecule has 5 heteroatoms. The van der Waals surface area contributed by atoms with Gasteiger partial charge in [-0.2, -0.15) is 0 Å². The number of hydrogen-bond donors (Lipinski definition) is 3. The number of unbranched alkanes of at least 4 members (excludes halogenated alkanes) is 3. The van der Waals surface area contributed by atoms with Crippen molar-refractivity contribution in [1.29, 1.82) is 0 Å². The van der Waals surface area contributed by atoms with E-state index in [9.17, 15) is 19.4 Å². The van der Waals surface area contributed by atoms with Crippen molar-refractivity contribution in [3.8, 4) is 0 Å². The second kappa shape index (κ2) is 12.2. The minimum Gasteiger partial charge on any atom is -0.481 e. The molecule has 0 aromatic rings. The average Bonchev–Trinajstić information content (AvgIpc) is 2.82. The molecule has 0 bridgehead atoms. The van der Waals surface area contributed by atoms with Gasteiger partial charge in [0.1, 0.15) is 6.17 Å². The first-order valence-corrected chi connectivity index (χ1v) is 9.51. The third-order valence-corrected chi connectivity index (χ3v) is 4.88. The molecule has 0 aromatic carbocycles. The lowest BCUT2D eigenvalue weighted by molar-refractivity contribution is -0.137. The molecule has 0 amide bonds. The van der Waals surface area contributed by atoms with Crippen LogP contribution in [-0.2, 0) is 4.79 Å². The summed E-state index contributed by atoms with van der Waals surface area (Å²) in [5.41, 5.74) is 0. The number of aliphatic carboxylic acids is 1. The third-order valence-electron chi connectivity index (χ3n) is 4.88. The van der Waals surface area contributed by atoms with Gasteiger partial charge in [0.25, 0.3) is 0 Å². The minimum atomic E-state index is -0.997. The first-order chi connectivity index (χ1) is 12.0. The number of aliphatic hydroxyl groups is 2. The molecular formula is C20H33FO4. The maximum absolute atomic E-state index is 13.9. The van der Waals surface area contributed by atoms with E-state index in [0.29, 0.717) is 32.1 Å². The van der Waals surface area contributed by atoms with Crippen LogP contribution in [0.4, 0.5) is 4.39 Å². The molecule has 1 saturated carbocycles. The van der Waals surface area contributed by atoms with Gasteiger partial charge in [-0.15, -0.1) is 0 Å². The summed E-state index contributed by atoms with van der Waals surface area (Å²) in [4.78, 5) is 10.4. The van der Waals surface area contributed by atoms with Crippen LogP contribution >= 0.6 is 0 Å². The molecule has 0 aliphatic heterocycles. The summed E-state index contributed by atoms with van der Waals surface area (Å²) in [6.45, 7) is 2.08. The fraction of sp³-hybridized carbons (Fsp3) is 0.750. The topological polar surface area (TPSA) is 77.8 Å². The Morgan fingerprint density at radius 3 is 2.64 bits per heavy atom.